The number of carbonyl (C=O) groups is 2. The molecule has 216 valence electrons. The second-order valence-electron chi connectivity index (χ2n) is 11.0. The second-order valence-corrected chi connectivity index (χ2v) is 11.0. The third-order valence-corrected chi connectivity index (χ3v) is 8.24. The van der Waals surface area contributed by atoms with Crippen LogP contribution in [0.15, 0.2) is 54.9 Å². The summed E-state index contributed by atoms with van der Waals surface area (Å²) in [4.78, 5) is 35.9. The smallest absolute Gasteiger partial charge is 0.308 e. The molecule has 1 fully saturated rings. The Bertz CT molecular complexity index is 1340. The summed E-state index contributed by atoms with van der Waals surface area (Å²) in [6, 6.07) is 16.5. The van der Waals surface area contributed by atoms with Crippen LogP contribution in [-0.2, 0) is 29.0 Å². The highest BCUT2D eigenvalue weighted by atomic mass is 16.4. The van der Waals surface area contributed by atoms with Gasteiger partial charge in [-0.25, -0.2) is 9.97 Å². The summed E-state index contributed by atoms with van der Waals surface area (Å²) in [7, 11) is 0. The summed E-state index contributed by atoms with van der Waals surface area (Å²) in [6.07, 6.45) is 6.59. The number of carbonyl (C=O) groups excluding carboxylic acids is 1. The van der Waals surface area contributed by atoms with Gasteiger partial charge in [-0.3, -0.25) is 9.59 Å². The summed E-state index contributed by atoms with van der Waals surface area (Å²) < 4.78 is 0. The van der Waals surface area contributed by atoms with E-state index in [-0.39, 0.29) is 18.9 Å². The van der Waals surface area contributed by atoms with Crippen molar-refractivity contribution in [3.8, 4) is 0 Å². The monoisotopic (exact) mass is 556 g/mol. The van der Waals surface area contributed by atoms with Gasteiger partial charge in [-0.1, -0.05) is 49.4 Å². The number of carboxylic acids is 1. The van der Waals surface area contributed by atoms with E-state index in [2.05, 4.69) is 55.9 Å². The topological polar surface area (TPSA) is 119 Å². The maximum atomic E-state index is 12.5. The Hall–Kier alpha value is -4.14. The van der Waals surface area contributed by atoms with Crippen molar-refractivity contribution in [1.82, 2.24) is 15.3 Å². The van der Waals surface area contributed by atoms with Crippen molar-refractivity contribution < 1.29 is 14.7 Å². The molecule has 0 unspecified atom stereocenters. The zero-order valence-electron chi connectivity index (χ0n) is 23.7. The van der Waals surface area contributed by atoms with Gasteiger partial charge in [0.2, 0.25) is 5.91 Å². The summed E-state index contributed by atoms with van der Waals surface area (Å²) in [5, 5.41) is 19.4. The predicted octanol–water partition coefficient (Wildman–Crippen LogP) is 4.60. The van der Waals surface area contributed by atoms with Crippen LogP contribution in [0.1, 0.15) is 60.8 Å². The van der Waals surface area contributed by atoms with Gasteiger partial charge in [0.05, 0.1) is 5.92 Å². The van der Waals surface area contributed by atoms with Crippen LogP contribution in [0.25, 0.3) is 0 Å². The Balaban J connectivity index is 1.18. The number of amides is 1. The molecule has 1 atom stereocenters. The van der Waals surface area contributed by atoms with Gasteiger partial charge >= 0.3 is 5.97 Å². The van der Waals surface area contributed by atoms with E-state index in [1.165, 1.54) is 23.2 Å². The number of aromatic nitrogens is 2. The van der Waals surface area contributed by atoms with Crippen LogP contribution in [0.5, 0.6) is 0 Å². The number of nitrogens with zero attached hydrogens (tertiary/aromatic N) is 3. The first-order valence-corrected chi connectivity index (χ1v) is 14.7. The number of carboxylic acid groups (broad SMARTS) is 1. The van der Waals surface area contributed by atoms with Crippen molar-refractivity contribution >= 4 is 29.2 Å². The first-order valence-electron chi connectivity index (χ1n) is 14.7. The first-order chi connectivity index (χ1) is 20.0. The number of benzene rings is 2. The molecule has 1 amide bonds. The van der Waals surface area contributed by atoms with E-state index >= 15 is 0 Å². The molecule has 2 aliphatic rings. The van der Waals surface area contributed by atoms with Gasteiger partial charge in [0.25, 0.3) is 0 Å². The van der Waals surface area contributed by atoms with E-state index < -0.39 is 11.9 Å². The zero-order valence-corrected chi connectivity index (χ0v) is 23.7. The molecule has 9 nitrogen and oxygen atoms in total. The van der Waals surface area contributed by atoms with E-state index in [0.717, 1.165) is 55.8 Å². The molecule has 1 aromatic heterocycles. The summed E-state index contributed by atoms with van der Waals surface area (Å²) in [6.45, 7) is 5.38. The van der Waals surface area contributed by atoms with Crippen LogP contribution in [0, 0.1) is 5.92 Å². The van der Waals surface area contributed by atoms with Gasteiger partial charge in [0.1, 0.15) is 18.0 Å². The molecule has 0 bridgehead atoms. The molecular formula is C32H40N6O3. The highest BCUT2D eigenvalue weighted by molar-refractivity contribution is 5.82. The van der Waals surface area contributed by atoms with Crippen LogP contribution in [-0.4, -0.2) is 53.1 Å². The molecule has 3 aromatic rings. The molecule has 9 heteroatoms. The normalized spacial score (nSPS) is 15.9. The SMILES string of the molecule is CCc1c(NC[C@H](CC(=O)NCc2ccccc2)C(=O)O)ncnc1N1CCC(c2ccc3c(c2)NCCC3)CC1. The third-order valence-electron chi connectivity index (χ3n) is 8.24. The fraction of sp³-hybridized carbons (Fsp3) is 0.438. The average Bonchev–Trinajstić information content (AvgIpc) is 3.02. The van der Waals surface area contributed by atoms with E-state index in [9.17, 15) is 14.7 Å². The molecule has 2 aromatic carbocycles. The Morgan fingerprint density at radius 2 is 1.93 bits per heavy atom. The fourth-order valence-electron chi connectivity index (χ4n) is 5.87. The van der Waals surface area contributed by atoms with Crippen LogP contribution < -0.4 is 20.9 Å². The second kappa shape index (κ2) is 13.5. The van der Waals surface area contributed by atoms with E-state index in [0.29, 0.717) is 24.7 Å². The molecule has 4 N–H and O–H groups in total. The lowest BCUT2D eigenvalue weighted by atomic mass is 9.87. The summed E-state index contributed by atoms with van der Waals surface area (Å²) in [5.41, 5.74) is 6.07. The summed E-state index contributed by atoms with van der Waals surface area (Å²) >= 11 is 0. The van der Waals surface area contributed by atoms with E-state index in [1.54, 1.807) is 6.33 Å². The maximum absolute atomic E-state index is 12.5. The molecule has 0 aliphatic carbocycles. The van der Waals surface area contributed by atoms with Crippen LogP contribution in [0.2, 0.25) is 0 Å². The van der Waals surface area contributed by atoms with Gasteiger partial charge in [0, 0.05) is 50.4 Å². The number of hydrogen-bond donors (Lipinski definition) is 4. The molecule has 0 spiro atoms. The minimum Gasteiger partial charge on any atom is -0.481 e. The molecule has 2 aliphatic heterocycles. The molecule has 5 rings (SSSR count). The van der Waals surface area contributed by atoms with Crippen LogP contribution in [0.4, 0.5) is 17.3 Å². The highest BCUT2D eigenvalue weighted by Gasteiger charge is 2.26. The van der Waals surface area contributed by atoms with Crippen molar-refractivity contribution in [1.29, 1.82) is 0 Å². The minimum atomic E-state index is -1.01. The summed E-state index contributed by atoms with van der Waals surface area (Å²) in [5.74, 6) is -0.122. The first kappa shape index (κ1) is 28.4. The van der Waals surface area contributed by atoms with Crippen LogP contribution in [0.3, 0.4) is 0 Å². The van der Waals surface area contributed by atoms with Gasteiger partial charge in [-0.2, -0.15) is 0 Å². The molecule has 41 heavy (non-hydrogen) atoms. The molecule has 1 saturated heterocycles. The molecular weight excluding hydrogens is 516 g/mol. The largest absolute Gasteiger partial charge is 0.481 e. The number of hydrogen-bond acceptors (Lipinski definition) is 7. The van der Waals surface area contributed by atoms with Gasteiger partial charge in [-0.05, 0) is 60.8 Å². The Kier molecular flexibility index (Phi) is 9.33. The van der Waals surface area contributed by atoms with E-state index in [1.807, 2.05) is 30.3 Å². The minimum absolute atomic E-state index is 0.103. The van der Waals surface area contributed by atoms with E-state index in [4.69, 9.17) is 0 Å². The lowest BCUT2D eigenvalue weighted by Gasteiger charge is -2.34. The maximum Gasteiger partial charge on any atom is 0.308 e. The number of nitrogens with one attached hydrogen (secondary N) is 3. The number of aliphatic carboxylic acids is 1. The molecule has 3 heterocycles. The number of anilines is 3. The predicted molar refractivity (Wildman–Crippen MR) is 161 cm³/mol. The van der Waals surface area contributed by atoms with Crippen molar-refractivity contribution in [2.24, 2.45) is 5.92 Å². The average molecular weight is 557 g/mol. The zero-order chi connectivity index (χ0) is 28.6. The fourth-order valence-corrected chi connectivity index (χ4v) is 5.87. The van der Waals surface area contributed by atoms with Crippen molar-refractivity contribution in [2.75, 3.05) is 41.7 Å². The van der Waals surface area contributed by atoms with Crippen LogP contribution >= 0.6 is 0 Å². The lowest BCUT2D eigenvalue weighted by Crippen LogP contribution is -2.35. The quantitative estimate of drug-likeness (QED) is 0.271. The van der Waals surface area contributed by atoms with Gasteiger partial charge < -0.3 is 26.0 Å². The number of rotatable bonds is 11. The van der Waals surface area contributed by atoms with Crippen molar-refractivity contribution in [3.63, 3.8) is 0 Å². The van der Waals surface area contributed by atoms with Gasteiger partial charge in [-0.15, -0.1) is 0 Å². The number of aryl methyl sites for hydroxylation is 1. The third kappa shape index (κ3) is 7.14. The lowest BCUT2D eigenvalue weighted by molar-refractivity contribution is -0.143. The number of fused-ring (bicyclic) bond motifs is 1. The standard InChI is InChI=1S/C32H40N6O3/c1-2-27-30(35-20-26(32(40)41)18-29(39)34-19-22-7-4-3-5-8-22)36-21-37-31(27)38-15-12-23(13-16-38)25-11-10-24-9-6-14-33-28(24)17-25/h3-5,7-8,10-11,17,21,23,26,33H,2,6,9,12-16,18-20H2,1H3,(H,34,39)(H,40,41)(H,35,36,37)/t26-/m0/s1. The van der Waals surface area contributed by atoms with Gasteiger partial charge in [0.15, 0.2) is 0 Å². The molecule has 0 radical (unpaired) electrons. The van der Waals surface area contributed by atoms with Crippen molar-refractivity contribution in [2.45, 2.75) is 57.9 Å². The molecule has 0 saturated carbocycles. The number of piperidine rings is 1. The Morgan fingerprint density at radius 1 is 1.12 bits per heavy atom. The highest BCUT2D eigenvalue weighted by Crippen LogP contribution is 2.35. The Morgan fingerprint density at radius 3 is 2.68 bits per heavy atom. The Labute approximate surface area is 241 Å². The van der Waals surface area contributed by atoms with Crippen molar-refractivity contribution in [3.05, 3.63) is 77.1 Å².